The molecule has 10 heteroatoms. The summed E-state index contributed by atoms with van der Waals surface area (Å²) in [5, 5.41) is 0. The molecule has 0 radical (unpaired) electrons. The van der Waals surface area contributed by atoms with Gasteiger partial charge in [-0.3, -0.25) is 9.78 Å². The predicted octanol–water partition coefficient (Wildman–Crippen LogP) is 9.40. The lowest BCUT2D eigenvalue weighted by molar-refractivity contribution is -0.173. The first-order chi connectivity index (χ1) is 21.1. The number of fused-ring (bicyclic) bond motifs is 4. The van der Waals surface area contributed by atoms with Gasteiger partial charge in [-0.1, -0.05) is 54.5 Å². The summed E-state index contributed by atoms with van der Waals surface area (Å²) in [5.74, 6) is -1.93. The number of carbonyl (C=O) groups excluding carboxylic acids is 1. The highest BCUT2D eigenvalue weighted by Crippen LogP contribution is 2.61. The Bertz CT molecular complexity index is 1500. The molecule has 1 saturated heterocycles. The second-order valence-electron chi connectivity index (χ2n) is 15.6. The van der Waals surface area contributed by atoms with Gasteiger partial charge < -0.3 is 18.9 Å². The van der Waals surface area contributed by atoms with Crippen LogP contribution in [0.2, 0.25) is 0 Å². The highest BCUT2D eigenvalue weighted by Gasteiger charge is 2.56. The van der Waals surface area contributed by atoms with Crippen LogP contribution in [0.3, 0.4) is 0 Å². The van der Waals surface area contributed by atoms with Crippen molar-refractivity contribution in [1.29, 1.82) is 0 Å². The van der Waals surface area contributed by atoms with Crippen LogP contribution in [0.5, 0.6) is 0 Å². The Morgan fingerprint density at radius 1 is 1.04 bits per heavy atom. The molecule has 0 N–H and O–H groups in total. The molecule has 1 fully saturated rings. The van der Waals surface area contributed by atoms with E-state index in [1.54, 1.807) is 0 Å². The number of halogens is 4. The normalized spacial score (nSPS) is 24.2. The maximum absolute atomic E-state index is 15.1. The summed E-state index contributed by atoms with van der Waals surface area (Å²) in [7, 11) is 0. The fourth-order valence-electron chi connectivity index (χ4n) is 7.02. The number of esters is 1. The van der Waals surface area contributed by atoms with Crippen molar-refractivity contribution in [2.24, 2.45) is 10.8 Å². The van der Waals surface area contributed by atoms with Gasteiger partial charge in [0.25, 0.3) is 0 Å². The minimum atomic E-state index is -4.83. The molecule has 5 rings (SSSR count). The van der Waals surface area contributed by atoms with Gasteiger partial charge >= 0.3 is 12.1 Å². The van der Waals surface area contributed by atoms with Crippen molar-refractivity contribution in [3.8, 4) is 0 Å². The quantitative estimate of drug-likeness (QED) is 0.238. The van der Waals surface area contributed by atoms with Crippen LogP contribution in [0.15, 0.2) is 18.2 Å². The van der Waals surface area contributed by atoms with Crippen LogP contribution in [0, 0.1) is 16.6 Å². The fraction of sp³-hybridized carbons (Fsp3) is 0.667. The summed E-state index contributed by atoms with van der Waals surface area (Å²) >= 11 is 0. The van der Waals surface area contributed by atoms with Gasteiger partial charge in [0.2, 0.25) is 0 Å². The SMILES string of the molecule is CC(=O)O[C@@H]1c2nc(C(C)C)c3c(c2C(OC(C)(C)C(C)(C)C)CC1(C)C)C1(CCOCC1)O[C@@H]3c1ccc(C(F)(F)F)c(F)c1. The molecule has 1 aliphatic carbocycles. The third-order valence-electron chi connectivity index (χ3n) is 10.4. The number of carbonyl (C=O) groups is 1. The van der Waals surface area contributed by atoms with E-state index in [1.807, 2.05) is 27.7 Å². The number of benzene rings is 1. The van der Waals surface area contributed by atoms with E-state index in [2.05, 4.69) is 34.6 Å². The minimum absolute atomic E-state index is 0.146. The van der Waals surface area contributed by atoms with Crippen LogP contribution in [0.1, 0.15) is 152 Å². The summed E-state index contributed by atoms with van der Waals surface area (Å²) in [6.45, 7) is 20.7. The molecule has 3 atom stereocenters. The number of alkyl halides is 3. The van der Waals surface area contributed by atoms with Crippen LogP contribution in [0.4, 0.5) is 17.6 Å². The summed E-state index contributed by atoms with van der Waals surface area (Å²) in [4.78, 5) is 17.8. The van der Waals surface area contributed by atoms with Crippen molar-refractivity contribution in [2.45, 2.75) is 130 Å². The first-order valence-corrected chi connectivity index (χ1v) is 16.1. The molecule has 0 saturated carbocycles. The van der Waals surface area contributed by atoms with Gasteiger partial charge in [-0.2, -0.15) is 13.2 Å². The highest BCUT2D eigenvalue weighted by atomic mass is 19.4. The van der Waals surface area contributed by atoms with Crippen LogP contribution in [0.25, 0.3) is 0 Å². The summed E-state index contributed by atoms with van der Waals surface area (Å²) in [5.41, 5.74) is 0.311. The van der Waals surface area contributed by atoms with Gasteiger partial charge in [0.1, 0.15) is 18.0 Å². The molecule has 254 valence electrons. The molecule has 3 aliphatic rings. The average Bonchev–Trinajstić information content (AvgIpc) is 3.22. The van der Waals surface area contributed by atoms with E-state index in [9.17, 15) is 18.0 Å². The summed E-state index contributed by atoms with van der Waals surface area (Å²) in [6, 6.07) is 3.00. The first-order valence-electron chi connectivity index (χ1n) is 16.1. The fourth-order valence-corrected chi connectivity index (χ4v) is 7.02. The Kier molecular flexibility index (Phi) is 8.73. The predicted molar refractivity (Wildman–Crippen MR) is 165 cm³/mol. The topological polar surface area (TPSA) is 66.9 Å². The van der Waals surface area contributed by atoms with E-state index in [0.717, 1.165) is 28.8 Å². The van der Waals surface area contributed by atoms with Crippen LogP contribution < -0.4 is 0 Å². The Balaban J connectivity index is 1.85. The van der Waals surface area contributed by atoms with E-state index in [0.29, 0.717) is 43.9 Å². The van der Waals surface area contributed by atoms with Crippen LogP contribution in [-0.4, -0.2) is 29.8 Å². The molecule has 1 spiro atoms. The summed E-state index contributed by atoms with van der Waals surface area (Å²) < 4.78 is 81.6. The zero-order chi connectivity index (χ0) is 34.2. The van der Waals surface area contributed by atoms with Crippen LogP contribution in [-0.2, 0) is 35.5 Å². The Morgan fingerprint density at radius 2 is 1.67 bits per heavy atom. The molecule has 6 nitrogen and oxygen atoms in total. The second-order valence-corrected chi connectivity index (χ2v) is 15.6. The largest absolute Gasteiger partial charge is 0.455 e. The zero-order valence-electron chi connectivity index (χ0n) is 28.6. The van der Waals surface area contributed by atoms with Gasteiger partial charge in [0.05, 0.1) is 28.6 Å². The van der Waals surface area contributed by atoms with E-state index in [4.69, 9.17) is 23.9 Å². The van der Waals surface area contributed by atoms with Crippen molar-refractivity contribution in [3.05, 3.63) is 63.2 Å². The molecule has 3 heterocycles. The van der Waals surface area contributed by atoms with Gasteiger partial charge in [0.15, 0.2) is 0 Å². The number of hydrogen-bond acceptors (Lipinski definition) is 6. The van der Waals surface area contributed by atoms with Crippen LogP contribution >= 0.6 is 0 Å². The molecule has 1 aromatic carbocycles. The number of ether oxygens (including phenoxy) is 4. The lowest BCUT2D eigenvalue weighted by Gasteiger charge is -2.49. The molecule has 1 unspecified atom stereocenters. The highest BCUT2D eigenvalue weighted by molar-refractivity contribution is 5.67. The standard InChI is InChI=1S/C36H47F4NO5/c1-19(2)28-26-27(35(13-15-43-16-14-35)46-30(26)21-11-12-22(23(37)17-21)36(38,39)40)25-24(45-34(9,10)32(4,5)6)18-33(7,8)31(29(25)41-28)44-20(3)42/h11-12,17,19,24,30-31H,13-16,18H2,1-10H3/t24?,30-,31-/m1/s1. The van der Waals surface area contributed by atoms with Crippen molar-refractivity contribution >= 4 is 5.97 Å². The Morgan fingerprint density at radius 3 is 2.20 bits per heavy atom. The maximum atomic E-state index is 15.1. The number of nitrogens with zero attached hydrogens (tertiary/aromatic N) is 1. The first kappa shape index (κ1) is 34.8. The van der Waals surface area contributed by atoms with Gasteiger partial charge in [-0.05, 0) is 54.9 Å². The van der Waals surface area contributed by atoms with E-state index >= 15 is 4.39 Å². The molecule has 0 amide bonds. The van der Waals surface area contributed by atoms with E-state index in [1.165, 1.54) is 13.0 Å². The third kappa shape index (κ3) is 5.98. The van der Waals surface area contributed by atoms with Gasteiger partial charge in [0, 0.05) is 55.2 Å². The minimum Gasteiger partial charge on any atom is -0.455 e. The Labute approximate surface area is 269 Å². The summed E-state index contributed by atoms with van der Waals surface area (Å²) in [6.07, 6.45) is -5.39. The Hall–Kier alpha value is -2.56. The van der Waals surface area contributed by atoms with Gasteiger partial charge in [-0.15, -0.1) is 0 Å². The number of rotatable bonds is 5. The van der Waals surface area contributed by atoms with E-state index in [-0.39, 0.29) is 16.9 Å². The molecular formula is C36H47F4NO5. The molecule has 0 bridgehead atoms. The van der Waals surface area contributed by atoms with Gasteiger partial charge in [-0.25, -0.2) is 4.39 Å². The van der Waals surface area contributed by atoms with E-state index < -0.39 is 58.5 Å². The molecule has 46 heavy (non-hydrogen) atoms. The lowest BCUT2D eigenvalue weighted by Crippen LogP contribution is -2.45. The smallest absolute Gasteiger partial charge is 0.419 e. The van der Waals surface area contributed by atoms with Crippen molar-refractivity contribution in [2.75, 3.05) is 13.2 Å². The monoisotopic (exact) mass is 649 g/mol. The molecular weight excluding hydrogens is 602 g/mol. The zero-order valence-corrected chi connectivity index (χ0v) is 28.6. The maximum Gasteiger partial charge on any atom is 0.419 e. The number of aromatic nitrogens is 1. The molecule has 1 aromatic heterocycles. The number of hydrogen-bond donors (Lipinski definition) is 0. The van der Waals surface area contributed by atoms with Crippen molar-refractivity contribution < 1.29 is 41.3 Å². The lowest BCUT2D eigenvalue weighted by atomic mass is 9.67. The molecule has 2 aliphatic heterocycles. The third-order valence-corrected chi connectivity index (χ3v) is 10.4. The average molecular weight is 650 g/mol. The van der Waals surface area contributed by atoms with Crippen molar-refractivity contribution in [3.63, 3.8) is 0 Å². The second kappa shape index (κ2) is 11.5. The molecule has 2 aromatic rings. The number of pyridine rings is 1. The van der Waals surface area contributed by atoms with Crippen molar-refractivity contribution in [1.82, 2.24) is 4.98 Å².